The van der Waals surface area contributed by atoms with Gasteiger partial charge in [-0.3, -0.25) is 4.79 Å². The van der Waals surface area contributed by atoms with Crippen molar-refractivity contribution in [3.8, 4) is 0 Å². The van der Waals surface area contributed by atoms with Crippen LogP contribution in [0.5, 0.6) is 0 Å². The highest BCUT2D eigenvalue weighted by Gasteiger charge is 2.38. The molecule has 1 atom stereocenters. The van der Waals surface area contributed by atoms with Crippen LogP contribution < -0.4 is 10.6 Å². The highest BCUT2D eigenvalue weighted by Crippen LogP contribution is 2.41. The first-order chi connectivity index (χ1) is 10.0. The van der Waals surface area contributed by atoms with Crippen molar-refractivity contribution in [2.45, 2.75) is 57.9 Å². The molecule has 1 aliphatic heterocycles. The van der Waals surface area contributed by atoms with Crippen molar-refractivity contribution in [1.82, 2.24) is 5.32 Å². The van der Waals surface area contributed by atoms with Crippen molar-refractivity contribution >= 4 is 11.6 Å². The summed E-state index contributed by atoms with van der Waals surface area (Å²) in [7, 11) is 0. The van der Waals surface area contributed by atoms with E-state index < -0.39 is 5.41 Å². The van der Waals surface area contributed by atoms with Crippen molar-refractivity contribution < 1.29 is 4.79 Å². The minimum atomic E-state index is -0.416. The molecule has 1 heterocycles. The zero-order valence-electron chi connectivity index (χ0n) is 13.3. The van der Waals surface area contributed by atoms with Crippen molar-refractivity contribution in [3.05, 3.63) is 29.3 Å². The molecule has 1 saturated carbocycles. The normalized spacial score (nSPS) is 21.0. The third-order valence-electron chi connectivity index (χ3n) is 4.84. The van der Waals surface area contributed by atoms with Crippen molar-refractivity contribution in [1.29, 1.82) is 0 Å². The molecule has 114 valence electrons. The summed E-state index contributed by atoms with van der Waals surface area (Å²) in [5.74, 6) is 0.996. The first-order valence-corrected chi connectivity index (χ1v) is 8.21. The van der Waals surface area contributed by atoms with Crippen LogP contribution in [0.2, 0.25) is 0 Å². The number of rotatable bonds is 6. The Bertz CT molecular complexity index is 546. The summed E-state index contributed by atoms with van der Waals surface area (Å²) in [6.07, 6.45) is 5.12. The second-order valence-electron chi connectivity index (χ2n) is 7.07. The number of benzene rings is 1. The second-order valence-corrected chi connectivity index (χ2v) is 7.07. The maximum Gasteiger partial charge on any atom is 0.234 e. The Hall–Kier alpha value is -1.35. The predicted octanol–water partition coefficient (Wildman–Crippen LogP) is 3.76. The Labute approximate surface area is 127 Å². The number of anilines is 1. The van der Waals surface area contributed by atoms with Gasteiger partial charge in [0, 0.05) is 11.7 Å². The first kappa shape index (κ1) is 14.6. The zero-order valence-corrected chi connectivity index (χ0v) is 13.3. The van der Waals surface area contributed by atoms with Gasteiger partial charge in [-0.1, -0.05) is 31.9 Å². The van der Waals surface area contributed by atoms with E-state index in [-0.39, 0.29) is 5.91 Å². The van der Waals surface area contributed by atoms with Gasteiger partial charge in [-0.05, 0) is 56.3 Å². The number of nitrogens with one attached hydrogen (secondary N) is 2. The molecule has 1 aromatic carbocycles. The summed E-state index contributed by atoms with van der Waals surface area (Å²) in [5.41, 5.74) is 3.04. The van der Waals surface area contributed by atoms with Crippen LogP contribution in [0, 0.1) is 5.92 Å². The molecule has 1 aliphatic carbocycles. The van der Waals surface area contributed by atoms with E-state index in [0.717, 1.165) is 30.1 Å². The molecule has 0 aromatic heterocycles. The van der Waals surface area contributed by atoms with Crippen LogP contribution in [0.4, 0.5) is 5.69 Å². The second kappa shape index (κ2) is 5.45. The van der Waals surface area contributed by atoms with Gasteiger partial charge in [0.1, 0.15) is 0 Å². The molecule has 1 aromatic rings. The van der Waals surface area contributed by atoms with E-state index in [4.69, 9.17) is 0 Å². The summed E-state index contributed by atoms with van der Waals surface area (Å²) in [4.78, 5) is 12.1. The lowest BCUT2D eigenvalue weighted by atomic mass is 9.84. The Morgan fingerprint density at radius 2 is 2.14 bits per heavy atom. The van der Waals surface area contributed by atoms with E-state index in [9.17, 15) is 4.79 Å². The van der Waals surface area contributed by atoms with Crippen LogP contribution in [0.25, 0.3) is 0 Å². The van der Waals surface area contributed by atoms with Gasteiger partial charge < -0.3 is 10.6 Å². The fraction of sp³-hybridized carbons (Fsp3) is 0.611. The lowest BCUT2D eigenvalue weighted by Gasteiger charge is -2.22. The predicted molar refractivity (Wildman–Crippen MR) is 86.5 cm³/mol. The van der Waals surface area contributed by atoms with Crippen LogP contribution in [-0.4, -0.2) is 12.5 Å². The highest BCUT2D eigenvalue weighted by molar-refractivity contribution is 6.05. The summed E-state index contributed by atoms with van der Waals surface area (Å²) in [6, 6.07) is 6.92. The minimum Gasteiger partial charge on any atom is -0.325 e. The Morgan fingerprint density at radius 1 is 1.38 bits per heavy atom. The number of carbonyl (C=O) groups is 1. The third-order valence-corrected chi connectivity index (χ3v) is 4.84. The monoisotopic (exact) mass is 286 g/mol. The van der Waals surface area contributed by atoms with Crippen LogP contribution >= 0.6 is 0 Å². The molecule has 2 N–H and O–H groups in total. The quantitative estimate of drug-likeness (QED) is 0.836. The molecule has 0 radical (unpaired) electrons. The summed E-state index contributed by atoms with van der Waals surface area (Å²) >= 11 is 0. The van der Waals surface area contributed by atoms with Crippen LogP contribution in [0.3, 0.4) is 0 Å². The highest BCUT2D eigenvalue weighted by atomic mass is 16.2. The van der Waals surface area contributed by atoms with Crippen LogP contribution in [0.1, 0.15) is 63.6 Å². The van der Waals surface area contributed by atoms with E-state index in [1.165, 1.54) is 24.8 Å². The maximum atomic E-state index is 12.1. The van der Waals surface area contributed by atoms with Gasteiger partial charge in [0.05, 0.1) is 5.41 Å². The van der Waals surface area contributed by atoms with Gasteiger partial charge in [0.2, 0.25) is 5.91 Å². The van der Waals surface area contributed by atoms with Gasteiger partial charge in [-0.15, -0.1) is 0 Å². The van der Waals surface area contributed by atoms with Gasteiger partial charge in [0.25, 0.3) is 0 Å². The average Bonchev–Trinajstić information content (AvgIpc) is 3.24. The molecule has 0 spiro atoms. The molecule has 1 amide bonds. The van der Waals surface area contributed by atoms with Gasteiger partial charge in [-0.2, -0.15) is 0 Å². The molecular formula is C18H26N2O. The SMILES string of the molecule is CCCNC(CC1CC1)c1ccc2c(c1)C(C)(C)C(=O)N2. The minimum absolute atomic E-state index is 0.106. The number of amides is 1. The molecule has 0 bridgehead atoms. The lowest BCUT2D eigenvalue weighted by molar-refractivity contribution is -0.119. The largest absolute Gasteiger partial charge is 0.325 e. The standard InChI is InChI=1S/C18H26N2O/c1-4-9-19-16(10-12-5-6-12)13-7-8-15-14(11-13)18(2,3)17(21)20-15/h7-8,11-12,16,19H,4-6,9-10H2,1-3H3,(H,20,21). The Kier molecular flexibility index (Phi) is 3.78. The van der Waals surface area contributed by atoms with Gasteiger partial charge in [-0.25, -0.2) is 0 Å². The summed E-state index contributed by atoms with van der Waals surface area (Å²) < 4.78 is 0. The lowest BCUT2D eigenvalue weighted by Crippen LogP contribution is -2.27. The van der Waals surface area contributed by atoms with Crippen molar-refractivity contribution in [3.63, 3.8) is 0 Å². The molecule has 3 heteroatoms. The molecule has 1 unspecified atom stereocenters. The molecule has 21 heavy (non-hydrogen) atoms. The van der Waals surface area contributed by atoms with Gasteiger partial charge >= 0.3 is 0 Å². The smallest absolute Gasteiger partial charge is 0.234 e. The van der Waals surface area contributed by atoms with Crippen LogP contribution in [0.15, 0.2) is 18.2 Å². The first-order valence-electron chi connectivity index (χ1n) is 8.21. The van der Waals surface area contributed by atoms with E-state index in [0.29, 0.717) is 6.04 Å². The van der Waals surface area contributed by atoms with E-state index in [1.54, 1.807) is 0 Å². The fourth-order valence-electron chi connectivity index (χ4n) is 3.15. The zero-order chi connectivity index (χ0) is 15.0. The number of fused-ring (bicyclic) bond motifs is 1. The Morgan fingerprint density at radius 3 is 2.81 bits per heavy atom. The average molecular weight is 286 g/mol. The topological polar surface area (TPSA) is 41.1 Å². The summed E-state index contributed by atoms with van der Waals surface area (Å²) in [5, 5.41) is 6.67. The molecular weight excluding hydrogens is 260 g/mol. The molecule has 3 nitrogen and oxygen atoms in total. The molecule has 3 rings (SSSR count). The molecule has 1 fully saturated rings. The summed E-state index contributed by atoms with van der Waals surface area (Å²) in [6.45, 7) is 7.27. The van der Waals surface area contributed by atoms with Crippen molar-refractivity contribution in [2.75, 3.05) is 11.9 Å². The molecule has 2 aliphatic rings. The third kappa shape index (κ3) is 2.84. The Balaban J connectivity index is 1.87. The van der Waals surface area contributed by atoms with E-state index in [1.807, 2.05) is 13.8 Å². The number of carbonyl (C=O) groups excluding carboxylic acids is 1. The number of hydrogen-bond donors (Lipinski definition) is 2. The fourth-order valence-corrected chi connectivity index (χ4v) is 3.15. The van der Waals surface area contributed by atoms with E-state index in [2.05, 4.69) is 35.8 Å². The molecule has 0 saturated heterocycles. The maximum absolute atomic E-state index is 12.1. The van der Waals surface area contributed by atoms with Crippen molar-refractivity contribution in [2.24, 2.45) is 5.92 Å². The van der Waals surface area contributed by atoms with Gasteiger partial charge in [0.15, 0.2) is 0 Å². The number of hydrogen-bond acceptors (Lipinski definition) is 2. The van der Waals surface area contributed by atoms with Crippen LogP contribution in [-0.2, 0) is 10.2 Å². The van der Waals surface area contributed by atoms with E-state index >= 15 is 0 Å².